The average molecular weight is 451 g/mol. The van der Waals surface area contributed by atoms with Crippen molar-refractivity contribution in [2.24, 2.45) is 11.0 Å². The van der Waals surface area contributed by atoms with Crippen molar-refractivity contribution in [3.05, 3.63) is 59.7 Å². The van der Waals surface area contributed by atoms with Gasteiger partial charge >= 0.3 is 12.5 Å². The van der Waals surface area contributed by atoms with Gasteiger partial charge in [0.15, 0.2) is 0 Å². The zero-order valence-corrected chi connectivity index (χ0v) is 17.1. The zero-order valence-electron chi connectivity index (χ0n) is 17.1. The number of amides is 2. The number of benzene rings is 2. The molecule has 6 nitrogen and oxygen atoms in total. The number of carbonyl (C=O) groups excluding carboxylic acids is 2. The summed E-state index contributed by atoms with van der Waals surface area (Å²) in [5.74, 6) is -1.25. The van der Waals surface area contributed by atoms with E-state index in [0.717, 1.165) is 31.4 Å². The van der Waals surface area contributed by atoms with Gasteiger partial charge in [0.1, 0.15) is 5.75 Å². The molecule has 2 N–H and O–H groups in total. The summed E-state index contributed by atoms with van der Waals surface area (Å²) in [6.45, 7) is 1.64. The number of rotatable bonds is 8. The van der Waals surface area contributed by atoms with Crippen LogP contribution in [0, 0.1) is 5.92 Å². The van der Waals surface area contributed by atoms with Gasteiger partial charge in [-0.15, -0.1) is 0 Å². The summed E-state index contributed by atoms with van der Waals surface area (Å²) in [4.78, 5) is 24.2. The number of ether oxygens (including phenoxy) is 1. The highest BCUT2D eigenvalue weighted by Gasteiger charge is 2.44. The van der Waals surface area contributed by atoms with Gasteiger partial charge in [0.05, 0.1) is 5.71 Å². The van der Waals surface area contributed by atoms with E-state index in [0.29, 0.717) is 17.0 Å². The van der Waals surface area contributed by atoms with Crippen molar-refractivity contribution in [2.45, 2.75) is 38.7 Å². The van der Waals surface area contributed by atoms with Crippen molar-refractivity contribution in [3.8, 4) is 5.75 Å². The molecule has 0 aromatic heterocycles. The van der Waals surface area contributed by atoms with Crippen LogP contribution in [0.2, 0.25) is 0 Å². The van der Waals surface area contributed by atoms with E-state index in [2.05, 4.69) is 20.6 Å². The summed E-state index contributed by atoms with van der Waals surface area (Å²) < 4.78 is 54.6. The third-order valence-electron chi connectivity index (χ3n) is 4.98. The lowest BCUT2D eigenvalue weighted by Gasteiger charge is -2.24. The Balaban J connectivity index is 1.60. The smallest absolute Gasteiger partial charge is 0.428 e. The molecule has 0 atom stereocenters. The van der Waals surface area contributed by atoms with Crippen molar-refractivity contribution in [1.82, 2.24) is 5.43 Å². The molecule has 1 aliphatic carbocycles. The minimum Gasteiger partial charge on any atom is -0.428 e. The van der Waals surface area contributed by atoms with Gasteiger partial charge in [-0.25, -0.2) is 5.43 Å². The summed E-state index contributed by atoms with van der Waals surface area (Å²) in [7, 11) is 0. The van der Waals surface area contributed by atoms with Crippen molar-refractivity contribution in [3.63, 3.8) is 0 Å². The summed E-state index contributed by atoms with van der Waals surface area (Å²) in [6.07, 6.45) is -5.81. The monoisotopic (exact) mass is 451 g/mol. The first-order valence-corrected chi connectivity index (χ1v) is 9.86. The van der Waals surface area contributed by atoms with Gasteiger partial charge in [0.25, 0.3) is 5.91 Å². The fourth-order valence-corrected chi connectivity index (χ4v) is 2.88. The quantitative estimate of drug-likeness (QED) is 0.343. The van der Waals surface area contributed by atoms with Crippen LogP contribution in [0.4, 0.5) is 23.2 Å². The first-order chi connectivity index (χ1) is 15.2. The highest BCUT2D eigenvalue weighted by atomic mass is 19.3. The van der Waals surface area contributed by atoms with Gasteiger partial charge in [-0.1, -0.05) is 24.6 Å². The number of nitrogens with zero attached hydrogens (tertiary/aromatic N) is 1. The largest absolute Gasteiger partial charge is 0.461 e. The number of hydrogen-bond acceptors (Lipinski definition) is 4. The molecule has 0 aliphatic heterocycles. The molecule has 1 aliphatic rings. The summed E-state index contributed by atoms with van der Waals surface area (Å²) in [6, 6.07) is 11.4. The van der Waals surface area contributed by atoms with Crippen molar-refractivity contribution >= 4 is 23.2 Å². The van der Waals surface area contributed by atoms with Gasteiger partial charge in [-0.3, -0.25) is 9.59 Å². The molecule has 0 saturated heterocycles. The lowest BCUT2D eigenvalue weighted by atomic mass is 9.85. The van der Waals surface area contributed by atoms with Crippen LogP contribution in [0.25, 0.3) is 0 Å². The summed E-state index contributed by atoms with van der Waals surface area (Å²) in [5, 5.41) is 6.81. The molecule has 10 heteroatoms. The maximum atomic E-state index is 13.0. The van der Waals surface area contributed by atoms with Crippen LogP contribution < -0.4 is 15.5 Å². The molecule has 2 aromatic carbocycles. The van der Waals surface area contributed by atoms with Gasteiger partial charge in [-0.05, 0) is 55.7 Å². The third kappa shape index (κ3) is 5.83. The number of alkyl halides is 4. The van der Waals surface area contributed by atoms with E-state index in [9.17, 15) is 27.2 Å². The molecule has 0 spiro atoms. The second-order valence-corrected chi connectivity index (χ2v) is 7.32. The lowest BCUT2D eigenvalue weighted by Crippen LogP contribution is -2.33. The Morgan fingerprint density at radius 3 is 2.38 bits per heavy atom. The molecule has 1 fully saturated rings. The Morgan fingerprint density at radius 2 is 1.78 bits per heavy atom. The van der Waals surface area contributed by atoms with Gasteiger partial charge in [-0.2, -0.15) is 22.7 Å². The fourth-order valence-electron chi connectivity index (χ4n) is 2.88. The van der Waals surface area contributed by atoms with Crippen LogP contribution in [0.1, 0.15) is 42.1 Å². The topological polar surface area (TPSA) is 79.8 Å². The van der Waals surface area contributed by atoms with E-state index < -0.39 is 24.2 Å². The van der Waals surface area contributed by atoms with Crippen LogP contribution in [0.15, 0.2) is 53.6 Å². The van der Waals surface area contributed by atoms with Crippen molar-refractivity contribution in [1.29, 1.82) is 0 Å². The lowest BCUT2D eigenvalue weighted by molar-refractivity contribution is -0.253. The van der Waals surface area contributed by atoms with Gasteiger partial charge < -0.3 is 10.1 Å². The normalized spacial score (nSPS) is 14.6. The van der Waals surface area contributed by atoms with E-state index >= 15 is 0 Å². The molecular weight excluding hydrogens is 430 g/mol. The third-order valence-corrected chi connectivity index (χ3v) is 4.98. The van der Waals surface area contributed by atoms with Gasteiger partial charge in [0, 0.05) is 17.2 Å². The predicted octanol–water partition coefficient (Wildman–Crippen LogP) is 4.82. The molecule has 0 radical (unpaired) electrons. The van der Waals surface area contributed by atoms with E-state index in [4.69, 9.17) is 0 Å². The number of carbonyl (C=O) groups is 2. The van der Waals surface area contributed by atoms with E-state index in [1.54, 1.807) is 31.2 Å². The van der Waals surface area contributed by atoms with E-state index in [-0.39, 0.29) is 17.4 Å². The molecule has 0 unspecified atom stereocenters. The number of halogens is 4. The second-order valence-electron chi connectivity index (χ2n) is 7.32. The zero-order chi connectivity index (χ0) is 23.3. The van der Waals surface area contributed by atoms with E-state index in [1.807, 2.05) is 0 Å². The van der Waals surface area contributed by atoms with Crippen molar-refractivity contribution in [2.75, 3.05) is 5.32 Å². The Kier molecular flexibility index (Phi) is 7.12. The Labute approximate surface area is 181 Å². The molecule has 32 heavy (non-hydrogen) atoms. The highest BCUT2D eigenvalue weighted by molar-refractivity contribution is 6.01. The van der Waals surface area contributed by atoms with E-state index in [1.165, 1.54) is 12.1 Å². The SMILES string of the molecule is C/C(=N/NC(=O)c1cccc(OC(F)(F)C(F)F)c1)c1ccc(NC(=O)C2CCC2)cc1. The van der Waals surface area contributed by atoms with Crippen molar-refractivity contribution < 1.29 is 31.9 Å². The van der Waals surface area contributed by atoms with Crippen LogP contribution in [0.5, 0.6) is 5.75 Å². The predicted molar refractivity (Wildman–Crippen MR) is 110 cm³/mol. The first-order valence-electron chi connectivity index (χ1n) is 9.86. The maximum Gasteiger partial charge on any atom is 0.461 e. The molecule has 1 saturated carbocycles. The number of hydrogen-bond donors (Lipinski definition) is 2. The standard InChI is InChI=1S/C22H21F4N3O3/c1-13(14-8-10-17(11-9-14)27-19(30)15-4-2-5-15)28-29-20(31)16-6-3-7-18(12-16)32-22(25,26)21(23)24/h3,6-12,15,21H,2,4-5H2,1H3,(H,27,30)(H,29,31)/b28-13-. The molecule has 3 rings (SSSR count). The van der Waals surface area contributed by atoms with Crippen LogP contribution in [0.3, 0.4) is 0 Å². The highest BCUT2D eigenvalue weighted by Crippen LogP contribution is 2.28. The first kappa shape index (κ1) is 23.2. The van der Waals surface area contributed by atoms with Crippen LogP contribution in [-0.4, -0.2) is 30.1 Å². The summed E-state index contributed by atoms with van der Waals surface area (Å²) in [5.41, 5.74) is 3.96. The molecule has 2 aromatic rings. The average Bonchev–Trinajstić information content (AvgIpc) is 2.70. The minimum atomic E-state index is -4.67. The Morgan fingerprint density at radius 1 is 1.09 bits per heavy atom. The fraction of sp³-hybridized carbons (Fsp3) is 0.318. The molecule has 0 heterocycles. The van der Waals surface area contributed by atoms with Crippen LogP contribution >= 0.6 is 0 Å². The second kappa shape index (κ2) is 9.80. The molecule has 0 bridgehead atoms. The molecular formula is C22H21F4N3O3. The number of nitrogens with one attached hydrogen (secondary N) is 2. The Bertz CT molecular complexity index is 1010. The maximum absolute atomic E-state index is 13.0. The Hall–Kier alpha value is -3.43. The van der Waals surface area contributed by atoms with Gasteiger partial charge in [0.2, 0.25) is 5.91 Å². The minimum absolute atomic E-state index is 0.000764. The molecule has 170 valence electrons. The molecule has 2 amide bonds. The van der Waals surface area contributed by atoms with Crippen LogP contribution in [-0.2, 0) is 4.79 Å². The number of anilines is 1. The number of hydrazone groups is 1. The summed E-state index contributed by atoms with van der Waals surface area (Å²) >= 11 is 0.